The molecule has 0 saturated carbocycles. The number of rotatable bonds is 5. The number of anilines is 2. The van der Waals surface area contributed by atoms with Crippen molar-refractivity contribution in [3.8, 4) is 0 Å². The monoisotopic (exact) mass is 242 g/mol. The summed E-state index contributed by atoms with van der Waals surface area (Å²) in [5.74, 6) is 0.942. The number of hydrogen-bond acceptors (Lipinski definition) is 4. The van der Waals surface area contributed by atoms with Crippen molar-refractivity contribution in [1.29, 1.82) is 0 Å². The third-order valence-electron chi connectivity index (χ3n) is 2.79. The lowest BCUT2D eigenvalue weighted by Gasteiger charge is -2.20. The van der Waals surface area contributed by atoms with Crippen LogP contribution in [0.15, 0.2) is 42.9 Å². The molecular formula is C14H18N4. The first-order valence-corrected chi connectivity index (χ1v) is 6.11. The van der Waals surface area contributed by atoms with E-state index in [-0.39, 0.29) is 0 Å². The molecule has 0 bridgehead atoms. The zero-order chi connectivity index (χ0) is 12.8. The molecule has 4 nitrogen and oxygen atoms in total. The Balaban J connectivity index is 2.27. The minimum Gasteiger partial charge on any atom is -0.329 e. The Morgan fingerprint density at radius 2 is 2.00 bits per heavy atom. The zero-order valence-corrected chi connectivity index (χ0v) is 10.8. The maximum absolute atomic E-state index is 4.38. The lowest BCUT2D eigenvalue weighted by molar-refractivity contribution is 0.720. The Morgan fingerprint density at radius 3 is 2.72 bits per heavy atom. The smallest absolute Gasteiger partial charge is 0.140 e. The first-order chi connectivity index (χ1) is 8.83. The summed E-state index contributed by atoms with van der Waals surface area (Å²) in [5, 5.41) is 3.30. The standard InChI is InChI=1S/C14H18N4/c1-3-15-9-12-10-16-11-17-14(12)18(2)13-7-5-4-6-8-13/h4-8,10-11,15H,3,9H2,1-2H3. The molecule has 0 unspecified atom stereocenters. The summed E-state index contributed by atoms with van der Waals surface area (Å²) >= 11 is 0. The SMILES string of the molecule is CCNCc1cncnc1N(C)c1ccccc1. The molecule has 18 heavy (non-hydrogen) atoms. The second-order valence-electron chi connectivity index (χ2n) is 4.05. The number of hydrogen-bond donors (Lipinski definition) is 1. The van der Waals surface area contributed by atoms with E-state index >= 15 is 0 Å². The van der Waals surface area contributed by atoms with Gasteiger partial charge in [-0.25, -0.2) is 9.97 Å². The fourth-order valence-corrected chi connectivity index (χ4v) is 1.81. The molecule has 0 saturated heterocycles. The van der Waals surface area contributed by atoms with E-state index in [1.807, 2.05) is 31.4 Å². The van der Waals surface area contributed by atoms with Gasteiger partial charge in [0.2, 0.25) is 0 Å². The first-order valence-electron chi connectivity index (χ1n) is 6.11. The van der Waals surface area contributed by atoms with E-state index in [0.29, 0.717) is 0 Å². The molecule has 0 fully saturated rings. The number of nitrogens with one attached hydrogen (secondary N) is 1. The lowest BCUT2D eigenvalue weighted by Crippen LogP contribution is -2.18. The summed E-state index contributed by atoms with van der Waals surface area (Å²) in [7, 11) is 2.02. The predicted octanol–water partition coefficient (Wildman–Crippen LogP) is 2.35. The quantitative estimate of drug-likeness (QED) is 0.874. The summed E-state index contributed by atoms with van der Waals surface area (Å²) in [6.45, 7) is 3.80. The first kappa shape index (κ1) is 12.5. The second kappa shape index (κ2) is 6.12. The zero-order valence-electron chi connectivity index (χ0n) is 10.8. The summed E-state index contributed by atoms with van der Waals surface area (Å²) in [4.78, 5) is 10.6. The van der Waals surface area contributed by atoms with Crippen LogP contribution in [0.4, 0.5) is 11.5 Å². The van der Waals surface area contributed by atoms with E-state index in [4.69, 9.17) is 0 Å². The van der Waals surface area contributed by atoms with Crippen molar-refractivity contribution < 1.29 is 0 Å². The highest BCUT2D eigenvalue weighted by Gasteiger charge is 2.10. The number of aromatic nitrogens is 2. The van der Waals surface area contributed by atoms with Gasteiger partial charge in [-0.2, -0.15) is 0 Å². The predicted molar refractivity (Wildman–Crippen MR) is 73.9 cm³/mol. The molecule has 0 aliphatic carbocycles. The van der Waals surface area contributed by atoms with Gasteiger partial charge in [0.15, 0.2) is 0 Å². The van der Waals surface area contributed by atoms with Crippen LogP contribution in [0.5, 0.6) is 0 Å². The fraction of sp³-hybridized carbons (Fsp3) is 0.286. The Labute approximate surface area is 108 Å². The molecular weight excluding hydrogens is 224 g/mol. The van der Waals surface area contributed by atoms with Crippen molar-refractivity contribution in [1.82, 2.24) is 15.3 Å². The van der Waals surface area contributed by atoms with E-state index in [9.17, 15) is 0 Å². The second-order valence-corrected chi connectivity index (χ2v) is 4.05. The van der Waals surface area contributed by atoms with Gasteiger partial charge in [0.25, 0.3) is 0 Å². The van der Waals surface area contributed by atoms with Gasteiger partial charge in [-0.3, -0.25) is 0 Å². The van der Waals surface area contributed by atoms with Crippen molar-refractivity contribution in [2.45, 2.75) is 13.5 Å². The molecule has 1 aromatic carbocycles. The van der Waals surface area contributed by atoms with Gasteiger partial charge in [0.05, 0.1) is 0 Å². The van der Waals surface area contributed by atoms with Gasteiger partial charge in [-0.1, -0.05) is 25.1 Å². The molecule has 2 rings (SSSR count). The Bertz CT molecular complexity index is 484. The lowest BCUT2D eigenvalue weighted by atomic mass is 10.2. The highest BCUT2D eigenvalue weighted by Crippen LogP contribution is 2.23. The van der Waals surface area contributed by atoms with Gasteiger partial charge < -0.3 is 10.2 Å². The highest BCUT2D eigenvalue weighted by molar-refractivity contribution is 5.61. The summed E-state index contributed by atoms with van der Waals surface area (Å²) < 4.78 is 0. The van der Waals surface area contributed by atoms with Crippen LogP contribution in [0.25, 0.3) is 0 Å². The van der Waals surface area contributed by atoms with Gasteiger partial charge >= 0.3 is 0 Å². The molecule has 2 aromatic rings. The maximum atomic E-state index is 4.38. The molecule has 1 aromatic heterocycles. The van der Waals surface area contributed by atoms with Crippen LogP contribution in [-0.4, -0.2) is 23.6 Å². The molecule has 0 aliphatic heterocycles. The van der Waals surface area contributed by atoms with Gasteiger partial charge in [-0.15, -0.1) is 0 Å². The molecule has 4 heteroatoms. The average molecular weight is 242 g/mol. The normalized spacial score (nSPS) is 10.3. The Morgan fingerprint density at radius 1 is 1.22 bits per heavy atom. The van der Waals surface area contributed by atoms with Gasteiger partial charge in [-0.05, 0) is 18.7 Å². The third-order valence-corrected chi connectivity index (χ3v) is 2.79. The van der Waals surface area contributed by atoms with E-state index in [0.717, 1.165) is 30.2 Å². The number of benzene rings is 1. The third kappa shape index (κ3) is 2.84. The highest BCUT2D eigenvalue weighted by atomic mass is 15.2. The van der Waals surface area contributed by atoms with E-state index in [1.54, 1.807) is 6.33 Å². The molecule has 1 N–H and O–H groups in total. The van der Waals surface area contributed by atoms with Crippen LogP contribution in [0.1, 0.15) is 12.5 Å². The van der Waals surface area contributed by atoms with Crippen LogP contribution < -0.4 is 10.2 Å². The van der Waals surface area contributed by atoms with E-state index in [2.05, 4.69) is 39.2 Å². The van der Waals surface area contributed by atoms with Crippen molar-refractivity contribution in [3.05, 3.63) is 48.4 Å². The topological polar surface area (TPSA) is 41.1 Å². The van der Waals surface area contributed by atoms with Crippen molar-refractivity contribution in [2.24, 2.45) is 0 Å². The average Bonchev–Trinajstić information content (AvgIpc) is 2.45. The molecule has 0 radical (unpaired) electrons. The van der Waals surface area contributed by atoms with Crippen LogP contribution in [0, 0.1) is 0 Å². The number of para-hydroxylation sites is 1. The van der Waals surface area contributed by atoms with E-state index in [1.165, 1.54) is 0 Å². The molecule has 0 amide bonds. The molecule has 1 heterocycles. The molecule has 0 spiro atoms. The van der Waals surface area contributed by atoms with Gasteiger partial charge in [0.1, 0.15) is 12.1 Å². The minimum absolute atomic E-state index is 0.782. The van der Waals surface area contributed by atoms with Crippen LogP contribution >= 0.6 is 0 Å². The van der Waals surface area contributed by atoms with Gasteiger partial charge in [0, 0.05) is 31.0 Å². The summed E-state index contributed by atoms with van der Waals surface area (Å²) in [5.41, 5.74) is 2.22. The van der Waals surface area contributed by atoms with Crippen molar-refractivity contribution in [2.75, 3.05) is 18.5 Å². The minimum atomic E-state index is 0.782. The number of nitrogens with zero attached hydrogens (tertiary/aromatic N) is 3. The van der Waals surface area contributed by atoms with Crippen molar-refractivity contribution >= 4 is 11.5 Å². The molecule has 0 atom stereocenters. The summed E-state index contributed by atoms with van der Waals surface area (Å²) in [6.07, 6.45) is 3.45. The van der Waals surface area contributed by atoms with Crippen molar-refractivity contribution in [3.63, 3.8) is 0 Å². The Kier molecular flexibility index (Phi) is 4.25. The fourth-order valence-electron chi connectivity index (χ4n) is 1.81. The Hall–Kier alpha value is -1.94. The van der Waals surface area contributed by atoms with Crippen LogP contribution in [0.3, 0.4) is 0 Å². The largest absolute Gasteiger partial charge is 0.329 e. The maximum Gasteiger partial charge on any atom is 0.140 e. The molecule has 0 aliphatic rings. The van der Waals surface area contributed by atoms with Crippen LogP contribution in [0.2, 0.25) is 0 Å². The molecule has 94 valence electrons. The van der Waals surface area contributed by atoms with Crippen LogP contribution in [-0.2, 0) is 6.54 Å². The summed E-state index contributed by atoms with van der Waals surface area (Å²) in [6, 6.07) is 10.2. The van der Waals surface area contributed by atoms with E-state index < -0.39 is 0 Å².